The molecule has 4 nitrogen and oxygen atoms in total. The fourth-order valence-electron chi connectivity index (χ4n) is 2.79. The van der Waals surface area contributed by atoms with Gasteiger partial charge in [-0.1, -0.05) is 35.9 Å². The Kier molecular flexibility index (Phi) is 3.76. The van der Waals surface area contributed by atoms with Crippen molar-refractivity contribution in [3.05, 3.63) is 29.4 Å². The van der Waals surface area contributed by atoms with Crippen LogP contribution < -0.4 is 5.32 Å². The van der Waals surface area contributed by atoms with E-state index in [4.69, 9.17) is 11.6 Å². The minimum Gasteiger partial charge on any atom is -0.365 e. The molecule has 0 saturated carbocycles. The molecule has 0 amide bonds. The molecular formula is C15H19ClN4. The van der Waals surface area contributed by atoms with Crippen molar-refractivity contribution in [2.24, 2.45) is 0 Å². The van der Waals surface area contributed by atoms with Crippen LogP contribution in [-0.4, -0.2) is 40.8 Å². The second-order valence-electron chi connectivity index (χ2n) is 5.58. The van der Waals surface area contributed by atoms with Crippen molar-refractivity contribution in [2.45, 2.75) is 31.8 Å². The lowest BCUT2D eigenvalue weighted by Crippen LogP contribution is -2.42. The van der Waals surface area contributed by atoms with E-state index >= 15 is 0 Å². The lowest BCUT2D eigenvalue weighted by Gasteiger charge is -2.35. The third-order valence-electron chi connectivity index (χ3n) is 4.19. The maximum absolute atomic E-state index is 6.11. The van der Waals surface area contributed by atoms with Gasteiger partial charge in [-0.3, -0.25) is 0 Å². The van der Waals surface area contributed by atoms with Crippen LogP contribution in [0.4, 0.5) is 5.82 Å². The molecule has 2 atom stereocenters. The van der Waals surface area contributed by atoms with Crippen LogP contribution in [0.5, 0.6) is 0 Å². The standard InChI is InChI=1S/C15H19ClN4/c1-10-9-11(7-8-20(10)2)17-15-13-6-4-3-5-12(13)14(16)18-19-15/h3-6,10-11H,7-9H2,1-2H3,(H,17,19). The van der Waals surface area contributed by atoms with E-state index in [1.54, 1.807) is 0 Å². The quantitative estimate of drug-likeness (QED) is 0.922. The molecule has 1 aliphatic rings. The van der Waals surface area contributed by atoms with Crippen molar-refractivity contribution in [1.82, 2.24) is 15.1 Å². The predicted molar refractivity (Wildman–Crippen MR) is 83.3 cm³/mol. The summed E-state index contributed by atoms with van der Waals surface area (Å²) in [5.74, 6) is 0.840. The second kappa shape index (κ2) is 5.54. The zero-order chi connectivity index (χ0) is 14.1. The SMILES string of the molecule is CC1CC(Nc2nnc(Cl)c3ccccc23)CCN1C. The summed E-state index contributed by atoms with van der Waals surface area (Å²) in [6.45, 7) is 3.37. The third-order valence-corrected chi connectivity index (χ3v) is 4.47. The van der Waals surface area contributed by atoms with Gasteiger partial charge in [0.1, 0.15) is 0 Å². The molecule has 106 valence electrons. The highest BCUT2D eigenvalue weighted by atomic mass is 35.5. The van der Waals surface area contributed by atoms with Crippen LogP contribution in [0.1, 0.15) is 19.8 Å². The fourth-order valence-corrected chi connectivity index (χ4v) is 2.99. The van der Waals surface area contributed by atoms with Gasteiger partial charge < -0.3 is 10.2 Å². The topological polar surface area (TPSA) is 41.1 Å². The molecule has 1 fully saturated rings. The Morgan fingerprint density at radius 3 is 2.75 bits per heavy atom. The molecule has 1 aliphatic heterocycles. The molecule has 20 heavy (non-hydrogen) atoms. The molecular weight excluding hydrogens is 272 g/mol. The highest BCUT2D eigenvalue weighted by Gasteiger charge is 2.23. The van der Waals surface area contributed by atoms with Gasteiger partial charge in [0.15, 0.2) is 11.0 Å². The van der Waals surface area contributed by atoms with E-state index in [1.807, 2.05) is 24.3 Å². The van der Waals surface area contributed by atoms with E-state index in [0.717, 1.165) is 36.0 Å². The van der Waals surface area contributed by atoms with Crippen molar-refractivity contribution in [3.8, 4) is 0 Å². The number of likely N-dealkylation sites (tertiary alicyclic amines) is 1. The highest BCUT2D eigenvalue weighted by Crippen LogP contribution is 2.27. The van der Waals surface area contributed by atoms with Gasteiger partial charge in [0.2, 0.25) is 0 Å². The smallest absolute Gasteiger partial charge is 0.159 e. The molecule has 0 spiro atoms. The molecule has 1 saturated heterocycles. The number of piperidine rings is 1. The lowest BCUT2D eigenvalue weighted by atomic mass is 9.99. The summed E-state index contributed by atoms with van der Waals surface area (Å²) in [6.07, 6.45) is 2.24. The van der Waals surface area contributed by atoms with E-state index in [2.05, 4.69) is 34.4 Å². The lowest BCUT2D eigenvalue weighted by molar-refractivity contribution is 0.190. The number of anilines is 1. The molecule has 1 aromatic heterocycles. The molecule has 2 aromatic rings. The van der Waals surface area contributed by atoms with Crippen LogP contribution >= 0.6 is 11.6 Å². The van der Waals surface area contributed by atoms with E-state index in [0.29, 0.717) is 17.2 Å². The molecule has 2 unspecified atom stereocenters. The average Bonchev–Trinajstić information content (AvgIpc) is 2.46. The van der Waals surface area contributed by atoms with E-state index in [9.17, 15) is 0 Å². The molecule has 0 radical (unpaired) electrons. The van der Waals surface area contributed by atoms with Crippen molar-refractivity contribution in [2.75, 3.05) is 18.9 Å². The summed E-state index contributed by atoms with van der Waals surface area (Å²) in [6, 6.07) is 9.03. The van der Waals surface area contributed by atoms with Gasteiger partial charge >= 0.3 is 0 Å². The number of nitrogens with zero attached hydrogens (tertiary/aromatic N) is 3. The fraction of sp³-hybridized carbons (Fsp3) is 0.467. The number of hydrogen-bond donors (Lipinski definition) is 1. The first-order valence-corrected chi connectivity index (χ1v) is 7.40. The van der Waals surface area contributed by atoms with E-state index in [1.165, 1.54) is 0 Å². The van der Waals surface area contributed by atoms with Crippen LogP contribution in [0.2, 0.25) is 5.15 Å². The zero-order valence-electron chi connectivity index (χ0n) is 11.8. The molecule has 1 aromatic carbocycles. The van der Waals surface area contributed by atoms with Crippen LogP contribution in [0.3, 0.4) is 0 Å². The highest BCUT2D eigenvalue weighted by molar-refractivity contribution is 6.34. The van der Waals surface area contributed by atoms with E-state index in [-0.39, 0.29) is 0 Å². The van der Waals surface area contributed by atoms with Gasteiger partial charge in [-0.15, -0.1) is 10.2 Å². The van der Waals surface area contributed by atoms with Crippen molar-refractivity contribution in [1.29, 1.82) is 0 Å². The molecule has 0 aliphatic carbocycles. The Bertz CT molecular complexity index is 616. The number of aromatic nitrogens is 2. The Hall–Kier alpha value is -1.39. The average molecular weight is 291 g/mol. The van der Waals surface area contributed by atoms with Crippen LogP contribution in [0, 0.1) is 0 Å². The van der Waals surface area contributed by atoms with Gasteiger partial charge in [0.25, 0.3) is 0 Å². The molecule has 3 rings (SSSR count). The normalized spacial score (nSPS) is 23.9. The summed E-state index contributed by atoms with van der Waals surface area (Å²) in [5.41, 5.74) is 0. The molecule has 1 N–H and O–H groups in total. The summed E-state index contributed by atoms with van der Waals surface area (Å²) in [7, 11) is 2.18. The van der Waals surface area contributed by atoms with Gasteiger partial charge in [-0.25, -0.2) is 0 Å². The summed E-state index contributed by atoms with van der Waals surface area (Å²) >= 11 is 6.11. The van der Waals surface area contributed by atoms with Gasteiger partial charge in [0, 0.05) is 29.4 Å². The van der Waals surface area contributed by atoms with Crippen LogP contribution in [0.25, 0.3) is 10.8 Å². The van der Waals surface area contributed by atoms with Gasteiger partial charge in [-0.05, 0) is 26.8 Å². The predicted octanol–water partition coefficient (Wildman–Crippen LogP) is 3.18. The minimum absolute atomic E-state index is 0.445. The van der Waals surface area contributed by atoms with Crippen molar-refractivity contribution in [3.63, 3.8) is 0 Å². The van der Waals surface area contributed by atoms with Crippen molar-refractivity contribution >= 4 is 28.2 Å². The number of nitrogens with one attached hydrogen (secondary N) is 1. The maximum atomic E-state index is 6.11. The Labute approximate surface area is 124 Å². The molecule has 0 bridgehead atoms. The van der Waals surface area contributed by atoms with Crippen LogP contribution in [-0.2, 0) is 0 Å². The number of halogens is 1. The number of benzene rings is 1. The Morgan fingerprint density at radius 1 is 1.25 bits per heavy atom. The van der Waals surface area contributed by atoms with Gasteiger partial charge in [-0.2, -0.15) is 0 Å². The maximum Gasteiger partial charge on any atom is 0.159 e. The first-order valence-electron chi connectivity index (χ1n) is 7.03. The second-order valence-corrected chi connectivity index (χ2v) is 5.94. The first-order chi connectivity index (χ1) is 9.65. The summed E-state index contributed by atoms with van der Waals surface area (Å²) < 4.78 is 0. The van der Waals surface area contributed by atoms with Crippen LogP contribution in [0.15, 0.2) is 24.3 Å². The molecule has 2 heterocycles. The molecule has 5 heteroatoms. The van der Waals surface area contributed by atoms with Gasteiger partial charge in [0.05, 0.1) is 0 Å². The first kappa shape index (κ1) is 13.6. The van der Waals surface area contributed by atoms with Crippen molar-refractivity contribution < 1.29 is 0 Å². The largest absolute Gasteiger partial charge is 0.365 e. The summed E-state index contributed by atoms with van der Waals surface area (Å²) in [4.78, 5) is 2.39. The summed E-state index contributed by atoms with van der Waals surface area (Å²) in [5, 5.41) is 14.3. The number of rotatable bonds is 2. The Balaban J connectivity index is 1.86. The Morgan fingerprint density at radius 2 is 2.00 bits per heavy atom. The minimum atomic E-state index is 0.445. The third kappa shape index (κ3) is 2.58. The number of fused-ring (bicyclic) bond motifs is 1. The monoisotopic (exact) mass is 290 g/mol. The number of hydrogen-bond acceptors (Lipinski definition) is 4. The zero-order valence-corrected chi connectivity index (χ0v) is 12.6. The van der Waals surface area contributed by atoms with E-state index < -0.39 is 0 Å².